The molecule has 0 aliphatic rings. The van der Waals surface area contributed by atoms with Crippen molar-refractivity contribution < 1.29 is 17.9 Å². The van der Waals surface area contributed by atoms with E-state index in [1.165, 1.54) is 12.1 Å². The van der Waals surface area contributed by atoms with E-state index in [1.54, 1.807) is 50.2 Å². The van der Waals surface area contributed by atoms with Gasteiger partial charge in [0.15, 0.2) is 5.60 Å². The zero-order valence-corrected chi connectivity index (χ0v) is 19.4. The standard InChI is InChI=1S/C24H25ClN2O4S/c1-24(2,31-21-12-8-19(25)9-13-21)23(28)27-20-10-14-22(15-11-20)32(29,30)26-17-16-18-6-4-3-5-7-18/h3-15,26H,16-17H2,1-2H3,(H,27,28). The Morgan fingerprint density at radius 2 is 1.56 bits per heavy atom. The van der Waals surface area contributed by atoms with Gasteiger partial charge in [0, 0.05) is 17.3 Å². The van der Waals surface area contributed by atoms with Crippen molar-refractivity contribution in [1.29, 1.82) is 0 Å². The molecule has 6 nitrogen and oxygen atoms in total. The molecule has 3 aromatic rings. The second-order valence-corrected chi connectivity index (χ2v) is 9.88. The molecule has 0 saturated carbocycles. The molecule has 0 saturated heterocycles. The van der Waals surface area contributed by atoms with Crippen LogP contribution >= 0.6 is 11.6 Å². The molecule has 0 aromatic heterocycles. The molecule has 32 heavy (non-hydrogen) atoms. The number of carbonyl (C=O) groups is 1. The largest absolute Gasteiger partial charge is 0.478 e. The van der Waals surface area contributed by atoms with Crippen LogP contribution in [0.5, 0.6) is 5.75 Å². The van der Waals surface area contributed by atoms with E-state index in [9.17, 15) is 13.2 Å². The number of halogens is 1. The number of amides is 1. The highest BCUT2D eigenvalue weighted by Gasteiger charge is 2.30. The minimum absolute atomic E-state index is 0.125. The summed E-state index contributed by atoms with van der Waals surface area (Å²) in [5.41, 5.74) is 0.361. The number of sulfonamides is 1. The number of hydrogen-bond donors (Lipinski definition) is 2. The number of anilines is 1. The quantitative estimate of drug-likeness (QED) is 0.474. The third-order valence-corrected chi connectivity index (χ3v) is 6.43. The predicted octanol–water partition coefficient (Wildman–Crippen LogP) is 4.66. The monoisotopic (exact) mass is 472 g/mol. The summed E-state index contributed by atoms with van der Waals surface area (Å²) in [5.74, 6) is 0.140. The Morgan fingerprint density at radius 3 is 2.19 bits per heavy atom. The summed E-state index contributed by atoms with van der Waals surface area (Å²) in [6.45, 7) is 3.58. The molecule has 0 fully saturated rings. The van der Waals surface area contributed by atoms with Crippen molar-refractivity contribution in [3.05, 3.63) is 89.4 Å². The van der Waals surface area contributed by atoms with Crippen LogP contribution in [0.3, 0.4) is 0 Å². The number of rotatable bonds is 9. The Labute approximate surface area is 193 Å². The molecule has 8 heteroatoms. The first kappa shape index (κ1) is 23.8. The molecule has 1 amide bonds. The lowest BCUT2D eigenvalue weighted by molar-refractivity contribution is -0.128. The number of hydrogen-bond acceptors (Lipinski definition) is 4. The zero-order chi connectivity index (χ0) is 23.2. The van der Waals surface area contributed by atoms with E-state index in [2.05, 4.69) is 10.0 Å². The maximum absolute atomic E-state index is 12.7. The van der Waals surface area contributed by atoms with Crippen molar-refractivity contribution in [2.45, 2.75) is 30.8 Å². The summed E-state index contributed by atoms with van der Waals surface area (Å²) in [4.78, 5) is 12.8. The average molecular weight is 473 g/mol. The van der Waals surface area contributed by atoms with Gasteiger partial charge in [-0.1, -0.05) is 41.9 Å². The van der Waals surface area contributed by atoms with E-state index in [4.69, 9.17) is 16.3 Å². The molecule has 0 aliphatic heterocycles. The SMILES string of the molecule is CC(C)(Oc1ccc(Cl)cc1)C(=O)Nc1ccc(S(=O)(=O)NCCc2ccccc2)cc1. The van der Waals surface area contributed by atoms with Crippen LogP contribution in [-0.4, -0.2) is 26.5 Å². The fourth-order valence-electron chi connectivity index (χ4n) is 2.90. The molecule has 0 atom stereocenters. The summed E-state index contributed by atoms with van der Waals surface area (Å²) in [6, 6.07) is 22.4. The van der Waals surface area contributed by atoms with Gasteiger partial charge < -0.3 is 10.1 Å². The minimum atomic E-state index is -3.65. The highest BCUT2D eigenvalue weighted by molar-refractivity contribution is 7.89. The molecule has 3 aromatic carbocycles. The van der Waals surface area contributed by atoms with Gasteiger partial charge in [-0.3, -0.25) is 4.79 Å². The molecule has 3 rings (SSSR count). The fourth-order valence-corrected chi connectivity index (χ4v) is 4.06. The lowest BCUT2D eigenvalue weighted by Crippen LogP contribution is -2.42. The van der Waals surface area contributed by atoms with Crippen LogP contribution in [0.4, 0.5) is 5.69 Å². The fraction of sp³-hybridized carbons (Fsp3) is 0.208. The Bertz CT molecular complexity index is 1150. The van der Waals surface area contributed by atoms with Crippen LogP contribution in [0.15, 0.2) is 83.8 Å². The van der Waals surface area contributed by atoms with Gasteiger partial charge in [-0.15, -0.1) is 0 Å². The summed E-state index contributed by atoms with van der Waals surface area (Å²) >= 11 is 5.87. The minimum Gasteiger partial charge on any atom is -0.478 e. The maximum atomic E-state index is 12.7. The first-order valence-electron chi connectivity index (χ1n) is 10.1. The van der Waals surface area contributed by atoms with Crippen molar-refractivity contribution in [2.24, 2.45) is 0 Å². The first-order chi connectivity index (χ1) is 15.2. The van der Waals surface area contributed by atoms with Crippen LogP contribution in [0, 0.1) is 0 Å². The van der Waals surface area contributed by atoms with Gasteiger partial charge in [0.05, 0.1) is 4.90 Å². The molecule has 0 radical (unpaired) electrons. The summed E-state index contributed by atoms with van der Waals surface area (Å²) in [6.07, 6.45) is 0.594. The molecule has 168 valence electrons. The van der Waals surface area contributed by atoms with Crippen LogP contribution in [0.25, 0.3) is 0 Å². The van der Waals surface area contributed by atoms with Crippen molar-refractivity contribution >= 4 is 33.2 Å². The van der Waals surface area contributed by atoms with Gasteiger partial charge >= 0.3 is 0 Å². The molecule has 0 unspecified atom stereocenters. The Hall–Kier alpha value is -2.87. The highest BCUT2D eigenvalue weighted by Crippen LogP contribution is 2.22. The van der Waals surface area contributed by atoms with Gasteiger partial charge in [0.25, 0.3) is 5.91 Å². The van der Waals surface area contributed by atoms with Gasteiger partial charge in [0.1, 0.15) is 5.75 Å². The lowest BCUT2D eigenvalue weighted by atomic mass is 10.1. The third-order valence-electron chi connectivity index (χ3n) is 4.70. The van der Waals surface area contributed by atoms with Crippen molar-refractivity contribution in [3.63, 3.8) is 0 Å². The molecular formula is C24H25ClN2O4S. The molecule has 0 bridgehead atoms. The summed E-state index contributed by atoms with van der Waals surface area (Å²) in [7, 11) is -3.65. The van der Waals surface area contributed by atoms with E-state index in [1.807, 2.05) is 30.3 Å². The predicted molar refractivity (Wildman–Crippen MR) is 127 cm³/mol. The van der Waals surface area contributed by atoms with Gasteiger partial charge in [-0.25, -0.2) is 13.1 Å². The van der Waals surface area contributed by atoms with Gasteiger partial charge in [-0.05, 0) is 74.4 Å². The second-order valence-electron chi connectivity index (χ2n) is 7.68. The van der Waals surface area contributed by atoms with E-state index in [0.717, 1.165) is 5.56 Å². The molecule has 0 aliphatic carbocycles. The van der Waals surface area contributed by atoms with Gasteiger partial charge in [-0.2, -0.15) is 0 Å². The van der Waals surface area contributed by atoms with E-state index >= 15 is 0 Å². The van der Waals surface area contributed by atoms with Crippen molar-refractivity contribution in [1.82, 2.24) is 4.72 Å². The van der Waals surface area contributed by atoms with Crippen LogP contribution in [0.2, 0.25) is 5.02 Å². The van der Waals surface area contributed by atoms with E-state index in [0.29, 0.717) is 29.4 Å². The highest BCUT2D eigenvalue weighted by atomic mass is 35.5. The Kier molecular flexibility index (Phi) is 7.56. The van der Waals surface area contributed by atoms with Crippen molar-refractivity contribution in [3.8, 4) is 5.75 Å². The number of benzene rings is 3. The summed E-state index contributed by atoms with van der Waals surface area (Å²) in [5, 5.41) is 3.33. The maximum Gasteiger partial charge on any atom is 0.267 e. The number of nitrogens with one attached hydrogen (secondary N) is 2. The van der Waals surface area contributed by atoms with Crippen LogP contribution in [-0.2, 0) is 21.2 Å². The zero-order valence-electron chi connectivity index (χ0n) is 17.8. The Balaban J connectivity index is 1.58. The normalized spacial score (nSPS) is 11.7. The van der Waals surface area contributed by atoms with E-state index in [-0.39, 0.29) is 10.8 Å². The molecule has 0 spiro atoms. The van der Waals surface area contributed by atoms with Crippen LogP contribution < -0.4 is 14.8 Å². The third kappa shape index (κ3) is 6.56. The first-order valence-corrected chi connectivity index (χ1v) is 11.9. The topological polar surface area (TPSA) is 84.5 Å². The smallest absolute Gasteiger partial charge is 0.267 e. The molecule has 0 heterocycles. The van der Waals surface area contributed by atoms with E-state index < -0.39 is 15.6 Å². The Morgan fingerprint density at radius 1 is 0.938 bits per heavy atom. The average Bonchev–Trinajstić information content (AvgIpc) is 2.76. The number of ether oxygens (including phenoxy) is 1. The second kappa shape index (κ2) is 10.2. The molecular weight excluding hydrogens is 448 g/mol. The van der Waals surface area contributed by atoms with Crippen LogP contribution in [0.1, 0.15) is 19.4 Å². The van der Waals surface area contributed by atoms with Gasteiger partial charge in [0.2, 0.25) is 10.0 Å². The number of carbonyl (C=O) groups excluding carboxylic acids is 1. The van der Waals surface area contributed by atoms with Crippen molar-refractivity contribution in [2.75, 3.05) is 11.9 Å². The summed E-state index contributed by atoms with van der Waals surface area (Å²) < 4.78 is 33.4. The lowest BCUT2D eigenvalue weighted by Gasteiger charge is -2.25. The molecule has 2 N–H and O–H groups in total.